The van der Waals surface area contributed by atoms with Crippen molar-refractivity contribution in [2.24, 2.45) is 0 Å². The summed E-state index contributed by atoms with van der Waals surface area (Å²) < 4.78 is 7.22. The predicted octanol–water partition coefficient (Wildman–Crippen LogP) is 2.34. The first-order valence-corrected chi connectivity index (χ1v) is 4.73. The SMILES string of the molecule is CCn1nc(OC)c(C(C)C)c1C. The number of rotatable bonds is 3. The van der Waals surface area contributed by atoms with Crippen molar-refractivity contribution in [2.75, 3.05) is 7.11 Å². The van der Waals surface area contributed by atoms with Gasteiger partial charge in [0.1, 0.15) is 0 Å². The van der Waals surface area contributed by atoms with Gasteiger partial charge in [-0.3, -0.25) is 4.68 Å². The topological polar surface area (TPSA) is 27.1 Å². The van der Waals surface area contributed by atoms with E-state index in [2.05, 4.69) is 32.8 Å². The highest BCUT2D eigenvalue weighted by Gasteiger charge is 2.16. The lowest BCUT2D eigenvalue weighted by atomic mass is 10.0. The normalized spacial score (nSPS) is 10.9. The van der Waals surface area contributed by atoms with Gasteiger partial charge in [-0.15, -0.1) is 5.10 Å². The second-order valence-corrected chi connectivity index (χ2v) is 3.48. The van der Waals surface area contributed by atoms with Gasteiger partial charge >= 0.3 is 0 Å². The van der Waals surface area contributed by atoms with E-state index in [9.17, 15) is 0 Å². The minimum absolute atomic E-state index is 0.468. The molecule has 0 radical (unpaired) electrons. The second-order valence-electron chi connectivity index (χ2n) is 3.48. The highest BCUT2D eigenvalue weighted by Crippen LogP contribution is 2.28. The molecule has 0 aliphatic carbocycles. The molecule has 1 aromatic heterocycles. The van der Waals surface area contributed by atoms with Gasteiger partial charge < -0.3 is 4.74 Å². The molecule has 0 amide bonds. The minimum Gasteiger partial charge on any atom is -0.480 e. The zero-order valence-electron chi connectivity index (χ0n) is 9.09. The van der Waals surface area contributed by atoms with E-state index in [4.69, 9.17) is 4.74 Å². The van der Waals surface area contributed by atoms with Crippen LogP contribution in [0.2, 0.25) is 0 Å². The molecule has 13 heavy (non-hydrogen) atoms. The van der Waals surface area contributed by atoms with Crippen LogP contribution in [0.15, 0.2) is 0 Å². The van der Waals surface area contributed by atoms with E-state index in [0.29, 0.717) is 5.92 Å². The molecule has 0 spiro atoms. The van der Waals surface area contributed by atoms with Crippen LogP contribution in [0.5, 0.6) is 5.88 Å². The van der Waals surface area contributed by atoms with Crippen molar-refractivity contribution in [2.45, 2.75) is 40.2 Å². The van der Waals surface area contributed by atoms with E-state index in [1.807, 2.05) is 4.68 Å². The molecule has 0 N–H and O–H groups in total. The Bertz CT molecular complexity index is 289. The summed E-state index contributed by atoms with van der Waals surface area (Å²) >= 11 is 0. The molecule has 0 fully saturated rings. The molecule has 1 rings (SSSR count). The number of aromatic nitrogens is 2. The summed E-state index contributed by atoms with van der Waals surface area (Å²) in [5.41, 5.74) is 2.44. The summed E-state index contributed by atoms with van der Waals surface area (Å²) in [4.78, 5) is 0. The van der Waals surface area contributed by atoms with Gasteiger partial charge in [0.25, 0.3) is 0 Å². The van der Waals surface area contributed by atoms with Crippen molar-refractivity contribution in [3.8, 4) is 5.88 Å². The molecule has 0 saturated carbocycles. The lowest BCUT2D eigenvalue weighted by Crippen LogP contribution is -1.99. The maximum Gasteiger partial charge on any atom is 0.236 e. The molecular formula is C10H18N2O. The largest absolute Gasteiger partial charge is 0.480 e. The Hall–Kier alpha value is -0.990. The van der Waals surface area contributed by atoms with E-state index in [-0.39, 0.29) is 0 Å². The highest BCUT2D eigenvalue weighted by molar-refractivity contribution is 5.33. The van der Waals surface area contributed by atoms with Crippen LogP contribution in [0, 0.1) is 6.92 Å². The molecule has 0 bridgehead atoms. The van der Waals surface area contributed by atoms with Crippen molar-refractivity contribution in [1.82, 2.24) is 9.78 Å². The Morgan fingerprint density at radius 1 is 1.46 bits per heavy atom. The third kappa shape index (κ3) is 1.69. The van der Waals surface area contributed by atoms with Crippen molar-refractivity contribution < 1.29 is 4.74 Å². The van der Waals surface area contributed by atoms with Crippen LogP contribution in [-0.2, 0) is 6.54 Å². The quantitative estimate of drug-likeness (QED) is 0.717. The Kier molecular flexibility index (Phi) is 2.96. The molecule has 3 nitrogen and oxygen atoms in total. The van der Waals surface area contributed by atoms with Gasteiger partial charge in [-0.2, -0.15) is 0 Å². The van der Waals surface area contributed by atoms with E-state index in [1.54, 1.807) is 7.11 Å². The molecule has 0 aromatic carbocycles. The molecule has 0 saturated heterocycles. The zero-order valence-corrected chi connectivity index (χ0v) is 9.09. The van der Waals surface area contributed by atoms with Crippen molar-refractivity contribution in [3.05, 3.63) is 11.3 Å². The van der Waals surface area contributed by atoms with Gasteiger partial charge in [-0.05, 0) is 19.8 Å². The summed E-state index contributed by atoms with van der Waals surface area (Å²) in [5.74, 6) is 1.24. The Labute approximate surface area is 79.7 Å². The van der Waals surface area contributed by atoms with E-state index < -0.39 is 0 Å². The third-order valence-corrected chi connectivity index (χ3v) is 2.29. The molecule has 74 valence electrons. The van der Waals surface area contributed by atoms with Crippen LogP contribution in [0.25, 0.3) is 0 Å². The smallest absolute Gasteiger partial charge is 0.236 e. The fourth-order valence-electron chi connectivity index (χ4n) is 1.66. The lowest BCUT2D eigenvalue weighted by Gasteiger charge is -2.05. The summed E-state index contributed by atoms with van der Waals surface area (Å²) in [6.45, 7) is 9.39. The van der Waals surface area contributed by atoms with Gasteiger partial charge in [0.15, 0.2) is 0 Å². The Balaban J connectivity index is 3.20. The predicted molar refractivity (Wildman–Crippen MR) is 53.3 cm³/mol. The zero-order chi connectivity index (χ0) is 10.0. The first-order chi connectivity index (χ1) is 6.11. The summed E-state index contributed by atoms with van der Waals surface area (Å²) in [5, 5.41) is 4.36. The summed E-state index contributed by atoms with van der Waals surface area (Å²) in [6.07, 6.45) is 0. The fraction of sp³-hybridized carbons (Fsp3) is 0.700. The number of methoxy groups -OCH3 is 1. The van der Waals surface area contributed by atoms with Crippen LogP contribution in [0.4, 0.5) is 0 Å². The lowest BCUT2D eigenvalue weighted by molar-refractivity contribution is 0.384. The number of hydrogen-bond acceptors (Lipinski definition) is 2. The molecule has 0 aliphatic heterocycles. The molecule has 0 unspecified atom stereocenters. The van der Waals surface area contributed by atoms with Crippen molar-refractivity contribution >= 4 is 0 Å². The second kappa shape index (κ2) is 3.81. The van der Waals surface area contributed by atoms with Crippen molar-refractivity contribution in [1.29, 1.82) is 0 Å². The number of nitrogens with zero attached hydrogens (tertiary/aromatic N) is 2. The molecule has 1 heterocycles. The van der Waals surface area contributed by atoms with Gasteiger partial charge in [0.2, 0.25) is 5.88 Å². The molecule has 1 aromatic rings. The average molecular weight is 182 g/mol. The van der Waals surface area contributed by atoms with E-state index in [0.717, 1.165) is 12.4 Å². The monoisotopic (exact) mass is 182 g/mol. The Morgan fingerprint density at radius 2 is 2.08 bits per heavy atom. The van der Waals surface area contributed by atoms with E-state index in [1.165, 1.54) is 11.3 Å². The maximum absolute atomic E-state index is 5.24. The maximum atomic E-state index is 5.24. The Morgan fingerprint density at radius 3 is 2.38 bits per heavy atom. The van der Waals surface area contributed by atoms with Crippen LogP contribution in [0.1, 0.15) is 37.9 Å². The van der Waals surface area contributed by atoms with Crippen LogP contribution in [0.3, 0.4) is 0 Å². The van der Waals surface area contributed by atoms with Crippen LogP contribution >= 0.6 is 0 Å². The summed E-state index contributed by atoms with van der Waals surface area (Å²) in [6, 6.07) is 0. The molecule has 0 aliphatic rings. The standard InChI is InChI=1S/C10H18N2O/c1-6-12-8(4)9(7(2)3)10(11-12)13-5/h7H,6H2,1-5H3. The molecule has 3 heteroatoms. The molecule has 0 atom stereocenters. The number of hydrogen-bond donors (Lipinski definition) is 0. The first-order valence-electron chi connectivity index (χ1n) is 4.73. The number of aryl methyl sites for hydroxylation is 1. The van der Waals surface area contributed by atoms with Crippen LogP contribution in [-0.4, -0.2) is 16.9 Å². The number of ether oxygens (including phenoxy) is 1. The van der Waals surface area contributed by atoms with Gasteiger partial charge in [-0.25, -0.2) is 0 Å². The fourth-order valence-corrected chi connectivity index (χ4v) is 1.66. The minimum atomic E-state index is 0.468. The molecular weight excluding hydrogens is 164 g/mol. The average Bonchev–Trinajstić information content (AvgIpc) is 2.41. The third-order valence-electron chi connectivity index (χ3n) is 2.29. The van der Waals surface area contributed by atoms with Gasteiger partial charge in [-0.1, -0.05) is 13.8 Å². The first kappa shape index (κ1) is 10.1. The highest BCUT2D eigenvalue weighted by atomic mass is 16.5. The van der Waals surface area contributed by atoms with Crippen molar-refractivity contribution in [3.63, 3.8) is 0 Å². The summed E-state index contributed by atoms with van der Waals surface area (Å²) in [7, 11) is 1.67. The van der Waals surface area contributed by atoms with Gasteiger partial charge in [0, 0.05) is 17.8 Å². The van der Waals surface area contributed by atoms with Crippen LogP contribution < -0.4 is 4.74 Å². The van der Waals surface area contributed by atoms with Gasteiger partial charge in [0.05, 0.1) is 7.11 Å². The van der Waals surface area contributed by atoms with E-state index >= 15 is 0 Å².